The van der Waals surface area contributed by atoms with Crippen LogP contribution in [-0.2, 0) is 16.4 Å². The molecule has 2 aromatic carbocycles. The Morgan fingerprint density at radius 3 is 2.38 bits per heavy atom. The smallest absolute Gasteiger partial charge is 0.211 e. The molecule has 2 aromatic rings. The molecule has 0 saturated heterocycles. The Kier molecular flexibility index (Phi) is 4.69. The van der Waals surface area contributed by atoms with Gasteiger partial charge in [0, 0.05) is 6.54 Å². The first kappa shape index (κ1) is 16.0. The van der Waals surface area contributed by atoms with Crippen LogP contribution >= 0.6 is 0 Å². The largest absolute Gasteiger partial charge is 0.215 e. The minimum atomic E-state index is -3.23. The van der Waals surface area contributed by atoms with Crippen molar-refractivity contribution in [2.24, 2.45) is 5.41 Å². The lowest BCUT2D eigenvalue weighted by molar-refractivity contribution is 0.407. The van der Waals surface area contributed by atoms with E-state index >= 15 is 0 Å². The number of benzene rings is 2. The van der Waals surface area contributed by atoms with Crippen LogP contribution < -0.4 is 4.72 Å². The molecule has 0 amide bonds. The van der Waals surface area contributed by atoms with Crippen molar-refractivity contribution < 1.29 is 8.42 Å². The topological polar surface area (TPSA) is 46.2 Å². The van der Waals surface area contributed by atoms with Crippen LogP contribution in [0.4, 0.5) is 0 Å². The van der Waals surface area contributed by atoms with Gasteiger partial charge in [-0.1, -0.05) is 63.2 Å². The molecule has 114 valence electrons. The zero-order chi connectivity index (χ0) is 15.5. The zero-order valence-electron chi connectivity index (χ0n) is 12.9. The van der Waals surface area contributed by atoms with Crippen LogP contribution in [0.25, 0.3) is 10.8 Å². The van der Waals surface area contributed by atoms with Crippen LogP contribution in [0.1, 0.15) is 26.3 Å². The molecule has 0 aliphatic heterocycles. The van der Waals surface area contributed by atoms with Gasteiger partial charge in [-0.15, -0.1) is 0 Å². The average Bonchev–Trinajstić information content (AvgIpc) is 2.42. The van der Waals surface area contributed by atoms with Crippen molar-refractivity contribution in [1.82, 2.24) is 4.72 Å². The molecule has 0 aliphatic rings. The van der Waals surface area contributed by atoms with Crippen LogP contribution in [0, 0.1) is 5.41 Å². The SMILES string of the molecule is CC(C)(C)CNS(=O)(=O)CCc1cccc2ccccc12. The fourth-order valence-corrected chi connectivity index (χ4v) is 3.44. The summed E-state index contributed by atoms with van der Waals surface area (Å²) in [6.07, 6.45) is 0.529. The molecule has 0 unspecified atom stereocenters. The predicted octanol–water partition coefficient (Wildman–Crippen LogP) is 3.35. The molecule has 1 N–H and O–H groups in total. The highest BCUT2D eigenvalue weighted by Crippen LogP contribution is 2.19. The van der Waals surface area contributed by atoms with Gasteiger partial charge < -0.3 is 0 Å². The lowest BCUT2D eigenvalue weighted by Crippen LogP contribution is -2.34. The number of aryl methyl sites for hydroxylation is 1. The predicted molar refractivity (Wildman–Crippen MR) is 88.9 cm³/mol. The Morgan fingerprint density at radius 2 is 1.67 bits per heavy atom. The summed E-state index contributed by atoms with van der Waals surface area (Å²) >= 11 is 0. The Hall–Kier alpha value is -1.39. The normalized spacial score (nSPS) is 12.7. The molecule has 3 nitrogen and oxygen atoms in total. The third-order valence-electron chi connectivity index (χ3n) is 3.34. The first-order chi connectivity index (χ1) is 9.77. The third-order valence-corrected chi connectivity index (χ3v) is 4.67. The van der Waals surface area contributed by atoms with E-state index in [-0.39, 0.29) is 11.2 Å². The van der Waals surface area contributed by atoms with Crippen LogP contribution in [0.2, 0.25) is 0 Å². The van der Waals surface area contributed by atoms with Crippen molar-refractivity contribution in [3.8, 4) is 0 Å². The van der Waals surface area contributed by atoms with Gasteiger partial charge in [-0.25, -0.2) is 13.1 Å². The first-order valence-electron chi connectivity index (χ1n) is 7.21. The fraction of sp³-hybridized carbons (Fsp3) is 0.412. The van der Waals surface area contributed by atoms with Gasteiger partial charge in [0.1, 0.15) is 0 Å². The van der Waals surface area contributed by atoms with Gasteiger partial charge in [0.25, 0.3) is 0 Å². The lowest BCUT2D eigenvalue weighted by Gasteiger charge is -2.18. The van der Waals surface area contributed by atoms with Crippen LogP contribution in [0.15, 0.2) is 42.5 Å². The molecule has 0 bridgehead atoms. The highest BCUT2D eigenvalue weighted by molar-refractivity contribution is 7.89. The minimum Gasteiger partial charge on any atom is -0.215 e. The van der Waals surface area contributed by atoms with E-state index in [0.29, 0.717) is 13.0 Å². The summed E-state index contributed by atoms with van der Waals surface area (Å²) in [5, 5.41) is 2.28. The Labute approximate surface area is 127 Å². The van der Waals surface area contributed by atoms with Gasteiger partial charge >= 0.3 is 0 Å². The van der Waals surface area contributed by atoms with Crippen molar-refractivity contribution in [2.75, 3.05) is 12.3 Å². The van der Waals surface area contributed by atoms with E-state index in [9.17, 15) is 8.42 Å². The molecule has 0 aliphatic carbocycles. The fourth-order valence-electron chi connectivity index (χ4n) is 2.15. The Bertz CT molecular complexity index is 710. The molecule has 0 radical (unpaired) electrons. The highest BCUT2D eigenvalue weighted by atomic mass is 32.2. The number of hydrogen-bond acceptors (Lipinski definition) is 2. The van der Waals surface area contributed by atoms with E-state index < -0.39 is 10.0 Å². The molecule has 2 rings (SSSR count). The highest BCUT2D eigenvalue weighted by Gasteiger charge is 2.16. The average molecular weight is 305 g/mol. The van der Waals surface area contributed by atoms with Gasteiger partial charge in [-0.05, 0) is 28.2 Å². The van der Waals surface area contributed by atoms with E-state index in [4.69, 9.17) is 0 Å². The van der Waals surface area contributed by atoms with Crippen LogP contribution in [0.3, 0.4) is 0 Å². The molecule has 21 heavy (non-hydrogen) atoms. The second-order valence-electron chi connectivity index (χ2n) is 6.59. The molecule has 0 heterocycles. The molecule has 0 atom stereocenters. The van der Waals surface area contributed by atoms with Gasteiger partial charge in [-0.2, -0.15) is 0 Å². The maximum atomic E-state index is 12.1. The van der Waals surface area contributed by atoms with Gasteiger partial charge in [0.2, 0.25) is 10.0 Å². The summed E-state index contributed by atoms with van der Waals surface area (Å²) < 4.78 is 26.8. The summed E-state index contributed by atoms with van der Waals surface area (Å²) in [5.74, 6) is 0.122. The second kappa shape index (κ2) is 6.16. The zero-order valence-corrected chi connectivity index (χ0v) is 13.7. The maximum absolute atomic E-state index is 12.1. The van der Waals surface area contributed by atoms with Gasteiger partial charge in [0.15, 0.2) is 0 Å². The minimum absolute atomic E-state index is 0.0491. The quantitative estimate of drug-likeness (QED) is 0.921. The molecular weight excluding hydrogens is 282 g/mol. The molecule has 0 spiro atoms. The summed E-state index contributed by atoms with van der Waals surface area (Å²) in [7, 11) is -3.23. The van der Waals surface area contributed by atoms with Crippen LogP contribution in [-0.4, -0.2) is 20.7 Å². The van der Waals surface area contributed by atoms with Gasteiger partial charge in [-0.3, -0.25) is 0 Å². The second-order valence-corrected chi connectivity index (χ2v) is 8.52. The van der Waals surface area contributed by atoms with E-state index in [1.54, 1.807) is 0 Å². The standard InChI is InChI=1S/C17H23NO2S/c1-17(2,3)13-18-21(19,20)12-11-15-9-6-8-14-7-4-5-10-16(14)15/h4-10,18H,11-13H2,1-3H3. The number of sulfonamides is 1. The molecule has 0 fully saturated rings. The van der Waals surface area contributed by atoms with E-state index in [1.165, 1.54) is 0 Å². The first-order valence-corrected chi connectivity index (χ1v) is 8.86. The van der Waals surface area contributed by atoms with E-state index in [0.717, 1.165) is 16.3 Å². The molecule has 0 saturated carbocycles. The number of nitrogens with one attached hydrogen (secondary N) is 1. The third kappa shape index (κ3) is 4.83. The maximum Gasteiger partial charge on any atom is 0.211 e. The van der Waals surface area contributed by atoms with E-state index in [1.807, 2.05) is 63.2 Å². The summed E-state index contributed by atoms with van der Waals surface area (Å²) in [6, 6.07) is 14.1. The van der Waals surface area contributed by atoms with Crippen LogP contribution in [0.5, 0.6) is 0 Å². The summed E-state index contributed by atoms with van der Waals surface area (Å²) in [4.78, 5) is 0. The van der Waals surface area contributed by atoms with Crippen molar-refractivity contribution in [3.63, 3.8) is 0 Å². The van der Waals surface area contributed by atoms with Crippen molar-refractivity contribution in [1.29, 1.82) is 0 Å². The number of rotatable bonds is 5. The Morgan fingerprint density at radius 1 is 1.00 bits per heavy atom. The number of fused-ring (bicyclic) bond motifs is 1. The monoisotopic (exact) mass is 305 g/mol. The van der Waals surface area contributed by atoms with E-state index in [2.05, 4.69) is 4.72 Å². The summed E-state index contributed by atoms with van der Waals surface area (Å²) in [5.41, 5.74) is 1.03. The lowest BCUT2D eigenvalue weighted by atomic mass is 9.98. The van der Waals surface area contributed by atoms with Crippen molar-refractivity contribution >= 4 is 20.8 Å². The summed E-state index contributed by atoms with van der Waals surface area (Å²) in [6.45, 7) is 6.51. The number of hydrogen-bond donors (Lipinski definition) is 1. The molecule has 4 heteroatoms. The van der Waals surface area contributed by atoms with Crippen molar-refractivity contribution in [2.45, 2.75) is 27.2 Å². The Balaban J connectivity index is 2.08. The van der Waals surface area contributed by atoms with Gasteiger partial charge in [0.05, 0.1) is 5.75 Å². The molecular formula is C17H23NO2S. The van der Waals surface area contributed by atoms with Crippen molar-refractivity contribution in [3.05, 3.63) is 48.0 Å². The molecule has 0 aromatic heterocycles.